The van der Waals surface area contributed by atoms with Crippen molar-refractivity contribution in [3.05, 3.63) is 18.0 Å². The first-order chi connectivity index (χ1) is 10.0. The van der Waals surface area contributed by atoms with Crippen LogP contribution < -0.4 is 10.2 Å². The van der Waals surface area contributed by atoms with Gasteiger partial charge in [0.05, 0.1) is 0 Å². The van der Waals surface area contributed by atoms with Crippen LogP contribution in [0.25, 0.3) is 0 Å². The van der Waals surface area contributed by atoms with E-state index in [0.29, 0.717) is 19.1 Å². The topological polar surface area (TPSA) is 41.1 Å². The first-order valence-electron chi connectivity index (χ1n) is 7.41. The van der Waals surface area contributed by atoms with Crippen molar-refractivity contribution >= 4 is 5.95 Å². The first kappa shape index (κ1) is 14.6. The van der Waals surface area contributed by atoms with Crippen molar-refractivity contribution in [3.63, 3.8) is 0 Å². The second-order valence-corrected chi connectivity index (χ2v) is 5.85. The fourth-order valence-electron chi connectivity index (χ4n) is 2.60. The van der Waals surface area contributed by atoms with Crippen LogP contribution in [0.3, 0.4) is 0 Å². The third kappa shape index (κ3) is 3.84. The van der Waals surface area contributed by atoms with Crippen LogP contribution in [0, 0.1) is 5.92 Å². The van der Waals surface area contributed by atoms with Gasteiger partial charge in [-0.1, -0.05) is 0 Å². The number of halogens is 3. The molecule has 0 atom stereocenters. The number of anilines is 1. The zero-order chi connectivity index (χ0) is 14.9. The van der Waals surface area contributed by atoms with Gasteiger partial charge in [0, 0.05) is 25.3 Å². The van der Waals surface area contributed by atoms with E-state index in [4.69, 9.17) is 0 Å². The second kappa shape index (κ2) is 5.79. The van der Waals surface area contributed by atoms with Gasteiger partial charge in [-0.25, -0.2) is 9.97 Å². The molecule has 0 spiro atoms. The average Bonchev–Trinajstić information content (AvgIpc) is 3.29. The molecule has 1 aromatic rings. The maximum atomic E-state index is 12.7. The Balaban J connectivity index is 1.56. The highest BCUT2D eigenvalue weighted by Gasteiger charge is 2.33. The fraction of sp³-hybridized carbons (Fsp3) is 0.714. The van der Waals surface area contributed by atoms with Crippen molar-refractivity contribution in [1.82, 2.24) is 15.3 Å². The minimum absolute atomic E-state index is 0.186. The molecule has 116 valence electrons. The van der Waals surface area contributed by atoms with Crippen molar-refractivity contribution in [1.29, 1.82) is 0 Å². The smallest absolute Gasteiger partial charge is 0.341 e. The molecule has 0 unspecified atom stereocenters. The average molecular weight is 300 g/mol. The van der Waals surface area contributed by atoms with Gasteiger partial charge >= 0.3 is 6.18 Å². The Labute approximate surface area is 121 Å². The maximum absolute atomic E-state index is 12.7. The molecule has 7 heteroatoms. The summed E-state index contributed by atoms with van der Waals surface area (Å²) in [5.74, 6) is 1.03. The molecule has 2 fully saturated rings. The number of piperidine rings is 1. The summed E-state index contributed by atoms with van der Waals surface area (Å²) in [6, 6.07) is 1.38. The van der Waals surface area contributed by atoms with Crippen LogP contribution in [0.5, 0.6) is 0 Å². The summed E-state index contributed by atoms with van der Waals surface area (Å²) in [4.78, 5) is 9.46. The normalized spacial score (nSPS) is 20.8. The van der Waals surface area contributed by atoms with E-state index < -0.39 is 11.9 Å². The van der Waals surface area contributed by atoms with Gasteiger partial charge in [0.1, 0.15) is 5.69 Å². The molecule has 0 amide bonds. The number of hydrogen-bond donors (Lipinski definition) is 1. The minimum Gasteiger partial charge on any atom is -0.341 e. The lowest BCUT2D eigenvalue weighted by atomic mass is 10.1. The predicted molar refractivity (Wildman–Crippen MR) is 73.0 cm³/mol. The van der Waals surface area contributed by atoms with E-state index in [1.807, 2.05) is 4.90 Å². The van der Waals surface area contributed by atoms with Crippen LogP contribution in [0.2, 0.25) is 0 Å². The number of nitrogens with one attached hydrogen (secondary N) is 1. The van der Waals surface area contributed by atoms with E-state index in [-0.39, 0.29) is 5.95 Å². The maximum Gasteiger partial charge on any atom is 0.433 e. The highest BCUT2D eigenvalue weighted by Crippen LogP contribution is 2.29. The molecular formula is C14H19F3N4. The van der Waals surface area contributed by atoms with E-state index in [0.717, 1.165) is 31.4 Å². The van der Waals surface area contributed by atoms with Crippen molar-refractivity contribution in [2.45, 2.75) is 37.9 Å². The molecule has 2 aliphatic rings. The van der Waals surface area contributed by atoms with E-state index in [1.165, 1.54) is 19.0 Å². The quantitative estimate of drug-likeness (QED) is 0.927. The third-order valence-corrected chi connectivity index (χ3v) is 4.10. The van der Waals surface area contributed by atoms with Crippen molar-refractivity contribution in [3.8, 4) is 0 Å². The van der Waals surface area contributed by atoms with Gasteiger partial charge in [0.25, 0.3) is 0 Å². The van der Waals surface area contributed by atoms with Crippen LogP contribution in [-0.4, -0.2) is 35.6 Å². The standard InChI is InChI=1S/C14H19F3N4/c15-14(16,17)12-3-6-18-13(20-12)21-7-4-11(5-8-21)19-9-10-1-2-10/h3,6,10-11,19H,1-2,4-5,7-9H2. The summed E-state index contributed by atoms with van der Waals surface area (Å²) in [6.07, 6.45) is 1.26. The van der Waals surface area contributed by atoms with E-state index >= 15 is 0 Å². The molecule has 1 aliphatic carbocycles. The van der Waals surface area contributed by atoms with Gasteiger partial charge in [-0.2, -0.15) is 13.2 Å². The molecule has 3 rings (SSSR count). The van der Waals surface area contributed by atoms with Crippen LogP contribution in [0.1, 0.15) is 31.4 Å². The summed E-state index contributed by atoms with van der Waals surface area (Å²) in [7, 11) is 0. The summed E-state index contributed by atoms with van der Waals surface area (Å²) < 4.78 is 38.0. The van der Waals surface area contributed by atoms with Crippen molar-refractivity contribution in [2.24, 2.45) is 5.92 Å². The van der Waals surface area contributed by atoms with Crippen LogP contribution in [-0.2, 0) is 6.18 Å². The molecule has 4 nitrogen and oxygen atoms in total. The monoisotopic (exact) mass is 300 g/mol. The lowest BCUT2D eigenvalue weighted by Crippen LogP contribution is -2.43. The number of nitrogens with zero attached hydrogens (tertiary/aromatic N) is 3. The van der Waals surface area contributed by atoms with Gasteiger partial charge in [0.2, 0.25) is 5.95 Å². The molecule has 21 heavy (non-hydrogen) atoms. The number of hydrogen-bond acceptors (Lipinski definition) is 4. The lowest BCUT2D eigenvalue weighted by Gasteiger charge is -2.32. The zero-order valence-electron chi connectivity index (χ0n) is 11.7. The van der Waals surface area contributed by atoms with Crippen molar-refractivity contribution < 1.29 is 13.2 Å². The molecule has 1 N–H and O–H groups in total. The number of aromatic nitrogens is 2. The fourth-order valence-corrected chi connectivity index (χ4v) is 2.60. The zero-order valence-corrected chi connectivity index (χ0v) is 11.7. The van der Waals surface area contributed by atoms with Gasteiger partial charge in [-0.3, -0.25) is 0 Å². The third-order valence-electron chi connectivity index (χ3n) is 4.10. The van der Waals surface area contributed by atoms with Gasteiger partial charge < -0.3 is 10.2 Å². The second-order valence-electron chi connectivity index (χ2n) is 5.85. The molecule has 1 aromatic heterocycles. The predicted octanol–water partition coefficient (Wildman–Crippen LogP) is 2.46. The Bertz CT molecular complexity index is 479. The Morgan fingerprint density at radius 3 is 2.52 bits per heavy atom. The Kier molecular flexibility index (Phi) is 4.01. The van der Waals surface area contributed by atoms with E-state index in [2.05, 4.69) is 15.3 Å². The lowest BCUT2D eigenvalue weighted by molar-refractivity contribution is -0.141. The van der Waals surface area contributed by atoms with E-state index in [9.17, 15) is 13.2 Å². The minimum atomic E-state index is -4.41. The van der Waals surface area contributed by atoms with Gasteiger partial charge in [-0.05, 0) is 44.2 Å². The molecule has 1 aliphatic heterocycles. The molecule has 2 heterocycles. The molecule has 0 aromatic carbocycles. The highest BCUT2D eigenvalue weighted by atomic mass is 19.4. The molecule has 0 radical (unpaired) electrons. The summed E-state index contributed by atoms with van der Waals surface area (Å²) in [5, 5.41) is 3.54. The number of rotatable bonds is 4. The first-order valence-corrected chi connectivity index (χ1v) is 7.41. The molecule has 0 bridgehead atoms. The van der Waals surface area contributed by atoms with Gasteiger partial charge in [-0.15, -0.1) is 0 Å². The van der Waals surface area contributed by atoms with Crippen LogP contribution in [0.4, 0.5) is 19.1 Å². The summed E-state index contributed by atoms with van der Waals surface area (Å²) in [6.45, 7) is 2.47. The van der Waals surface area contributed by atoms with Crippen molar-refractivity contribution in [2.75, 3.05) is 24.5 Å². The van der Waals surface area contributed by atoms with Gasteiger partial charge in [0.15, 0.2) is 0 Å². The number of alkyl halides is 3. The Hall–Kier alpha value is -1.37. The summed E-state index contributed by atoms with van der Waals surface area (Å²) >= 11 is 0. The Morgan fingerprint density at radius 1 is 1.19 bits per heavy atom. The highest BCUT2D eigenvalue weighted by molar-refractivity contribution is 5.31. The van der Waals surface area contributed by atoms with Crippen LogP contribution in [0.15, 0.2) is 12.3 Å². The SMILES string of the molecule is FC(F)(F)c1ccnc(N2CCC(NCC3CC3)CC2)n1. The largest absolute Gasteiger partial charge is 0.433 e. The molecule has 1 saturated heterocycles. The molecule has 1 saturated carbocycles. The summed E-state index contributed by atoms with van der Waals surface area (Å²) in [5.41, 5.74) is -0.874. The van der Waals surface area contributed by atoms with E-state index in [1.54, 1.807) is 0 Å². The van der Waals surface area contributed by atoms with Crippen LogP contribution >= 0.6 is 0 Å². The molecular weight excluding hydrogens is 281 g/mol. The Morgan fingerprint density at radius 2 is 1.90 bits per heavy atom.